The van der Waals surface area contributed by atoms with Gasteiger partial charge in [-0.15, -0.1) is 0 Å². The Labute approximate surface area is 184 Å². The normalized spacial score (nSPS) is 20.9. The third-order valence-electron chi connectivity index (χ3n) is 5.94. The lowest BCUT2D eigenvalue weighted by molar-refractivity contribution is -0.141. The Bertz CT molecular complexity index is 906. The molecule has 1 aliphatic rings. The van der Waals surface area contributed by atoms with Crippen LogP contribution < -0.4 is 11.1 Å². The molecule has 0 spiro atoms. The number of amides is 2. The molecule has 1 heterocycles. The van der Waals surface area contributed by atoms with Crippen molar-refractivity contribution in [3.8, 4) is 11.1 Å². The molecule has 2 aromatic carbocycles. The summed E-state index contributed by atoms with van der Waals surface area (Å²) in [5.74, 6) is -0.574. The Morgan fingerprint density at radius 2 is 1.65 bits per heavy atom. The van der Waals surface area contributed by atoms with Gasteiger partial charge in [0.2, 0.25) is 11.8 Å². The molecule has 31 heavy (non-hydrogen) atoms. The molecule has 6 heteroatoms. The molecule has 0 saturated carbocycles. The maximum Gasteiger partial charge on any atom is 0.243 e. The zero-order chi connectivity index (χ0) is 22.8. The number of likely N-dealkylation sites (tertiary alicyclic amines) is 1. The summed E-state index contributed by atoms with van der Waals surface area (Å²) in [5.41, 5.74) is 8.91. The summed E-state index contributed by atoms with van der Waals surface area (Å²) in [5, 5.41) is 13.1. The van der Waals surface area contributed by atoms with Crippen LogP contribution in [0, 0.1) is 5.41 Å². The molecule has 0 bridgehead atoms. The van der Waals surface area contributed by atoms with Gasteiger partial charge in [0.05, 0.1) is 18.2 Å². The summed E-state index contributed by atoms with van der Waals surface area (Å²) in [4.78, 5) is 27.3. The van der Waals surface area contributed by atoms with Crippen molar-refractivity contribution in [1.82, 2.24) is 10.2 Å². The SMILES string of the molecule is C[C@H](NC(=O)[C@@H]1C[C@@H](O)CN1C(=O)[C@@H](N)C(C)(C)C)c1ccc(-c2ccccc2)cc1. The zero-order valence-electron chi connectivity index (χ0n) is 18.7. The fraction of sp³-hybridized carbons (Fsp3) is 0.440. The highest BCUT2D eigenvalue weighted by molar-refractivity contribution is 5.91. The van der Waals surface area contributed by atoms with Crippen molar-refractivity contribution >= 4 is 11.8 Å². The van der Waals surface area contributed by atoms with Crippen LogP contribution in [0.5, 0.6) is 0 Å². The molecule has 166 valence electrons. The highest BCUT2D eigenvalue weighted by atomic mass is 16.3. The van der Waals surface area contributed by atoms with Crippen LogP contribution in [0.2, 0.25) is 0 Å². The molecule has 6 nitrogen and oxygen atoms in total. The molecule has 0 aromatic heterocycles. The third kappa shape index (κ3) is 5.32. The van der Waals surface area contributed by atoms with Crippen LogP contribution >= 0.6 is 0 Å². The van der Waals surface area contributed by atoms with Crippen LogP contribution in [0.3, 0.4) is 0 Å². The largest absolute Gasteiger partial charge is 0.391 e. The van der Waals surface area contributed by atoms with Gasteiger partial charge in [0.15, 0.2) is 0 Å². The van der Waals surface area contributed by atoms with E-state index in [-0.39, 0.29) is 30.8 Å². The van der Waals surface area contributed by atoms with Crippen molar-refractivity contribution in [2.24, 2.45) is 11.1 Å². The van der Waals surface area contributed by atoms with Gasteiger partial charge in [0.25, 0.3) is 0 Å². The maximum atomic E-state index is 13.0. The van der Waals surface area contributed by atoms with E-state index in [1.165, 1.54) is 4.90 Å². The van der Waals surface area contributed by atoms with E-state index in [0.717, 1.165) is 16.7 Å². The van der Waals surface area contributed by atoms with Crippen molar-refractivity contribution in [3.63, 3.8) is 0 Å². The molecule has 2 amide bonds. The molecular formula is C25H33N3O3. The quantitative estimate of drug-likeness (QED) is 0.689. The summed E-state index contributed by atoms with van der Waals surface area (Å²) in [7, 11) is 0. The van der Waals surface area contributed by atoms with E-state index < -0.39 is 23.6 Å². The highest BCUT2D eigenvalue weighted by Crippen LogP contribution is 2.26. The number of rotatable bonds is 5. The fourth-order valence-electron chi connectivity index (χ4n) is 3.84. The number of carbonyl (C=O) groups excluding carboxylic acids is 2. The van der Waals surface area contributed by atoms with Crippen molar-refractivity contribution in [2.75, 3.05) is 6.54 Å². The predicted molar refractivity (Wildman–Crippen MR) is 122 cm³/mol. The fourth-order valence-corrected chi connectivity index (χ4v) is 3.84. The first-order chi connectivity index (χ1) is 14.6. The summed E-state index contributed by atoms with van der Waals surface area (Å²) in [6, 6.07) is 16.5. The minimum atomic E-state index is -0.740. The Kier molecular flexibility index (Phi) is 6.82. The number of β-amino-alcohol motifs (C(OH)–C–C–N with tert-alkyl or cyclic N) is 1. The average molecular weight is 424 g/mol. The standard InChI is InChI=1S/C25H33N3O3/c1-16(17-10-12-19(13-11-17)18-8-6-5-7-9-18)27-23(30)21-14-20(29)15-28(21)24(31)22(26)25(2,3)4/h5-13,16,20-22,29H,14-15,26H2,1-4H3,(H,27,30)/t16-,20+,21-,22+/m0/s1. The minimum Gasteiger partial charge on any atom is -0.391 e. The van der Waals surface area contributed by atoms with Gasteiger partial charge in [-0.2, -0.15) is 0 Å². The monoisotopic (exact) mass is 423 g/mol. The lowest BCUT2D eigenvalue weighted by Crippen LogP contribution is -2.55. The molecular weight excluding hydrogens is 390 g/mol. The van der Waals surface area contributed by atoms with Crippen LogP contribution in [0.1, 0.15) is 45.7 Å². The molecule has 0 radical (unpaired) electrons. The summed E-state index contributed by atoms with van der Waals surface area (Å²) in [6.07, 6.45) is -0.513. The summed E-state index contributed by atoms with van der Waals surface area (Å²) >= 11 is 0. The second-order valence-electron chi connectivity index (χ2n) is 9.46. The van der Waals surface area contributed by atoms with Crippen LogP contribution in [0.25, 0.3) is 11.1 Å². The van der Waals surface area contributed by atoms with E-state index in [1.54, 1.807) is 0 Å². The number of nitrogens with two attached hydrogens (primary N) is 1. The van der Waals surface area contributed by atoms with Gasteiger partial charge in [-0.05, 0) is 29.0 Å². The van der Waals surface area contributed by atoms with E-state index in [2.05, 4.69) is 17.4 Å². The van der Waals surface area contributed by atoms with E-state index in [1.807, 2.05) is 70.2 Å². The second kappa shape index (κ2) is 9.20. The number of carbonyl (C=O) groups is 2. The first-order valence-corrected chi connectivity index (χ1v) is 10.8. The van der Waals surface area contributed by atoms with Gasteiger partial charge < -0.3 is 21.1 Å². The number of benzene rings is 2. The van der Waals surface area contributed by atoms with E-state index >= 15 is 0 Å². The van der Waals surface area contributed by atoms with Crippen LogP contribution in [-0.4, -0.2) is 46.6 Å². The van der Waals surface area contributed by atoms with Gasteiger partial charge >= 0.3 is 0 Å². The van der Waals surface area contributed by atoms with Crippen molar-refractivity contribution in [2.45, 2.75) is 58.3 Å². The third-order valence-corrected chi connectivity index (χ3v) is 5.94. The first-order valence-electron chi connectivity index (χ1n) is 10.8. The predicted octanol–water partition coefficient (Wildman–Crippen LogP) is 2.87. The van der Waals surface area contributed by atoms with Gasteiger partial charge in [0, 0.05) is 13.0 Å². The van der Waals surface area contributed by atoms with Crippen LogP contribution in [-0.2, 0) is 9.59 Å². The van der Waals surface area contributed by atoms with Crippen LogP contribution in [0.4, 0.5) is 0 Å². The first kappa shape index (κ1) is 23.0. The Balaban J connectivity index is 1.68. The van der Waals surface area contributed by atoms with Gasteiger partial charge in [-0.3, -0.25) is 9.59 Å². The maximum absolute atomic E-state index is 13.0. The van der Waals surface area contributed by atoms with Crippen LogP contribution in [0.15, 0.2) is 54.6 Å². The number of hydrogen-bond acceptors (Lipinski definition) is 4. The molecule has 1 saturated heterocycles. The molecule has 1 aliphatic heterocycles. The lowest BCUT2D eigenvalue weighted by atomic mass is 9.86. The Morgan fingerprint density at radius 1 is 1.06 bits per heavy atom. The van der Waals surface area contributed by atoms with Gasteiger partial charge in [0.1, 0.15) is 6.04 Å². The van der Waals surface area contributed by atoms with Crippen molar-refractivity contribution < 1.29 is 14.7 Å². The number of nitrogens with one attached hydrogen (secondary N) is 1. The molecule has 2 aromatic rings. The average Bonchev–Trinajstić information content (AvgIpc) is 3.14. The molecule has 0 aliphatic carbocycles. The number of nitrogens with zero attached hydrogens (tertiary/aromatic N) is 1. The second-order valence-corrected chi connectivity index (χ2v) is 9.46. The smallest absolute Gasteiger partial charge is 0.243 e. The molecule has 4 N–H and O–H groups in total. The van der Waals surface area contributed by atoms with E-state index in [9.17, 15) is 14.7 Å². The minimum absolute atomic E-state index is 0.126. The topological polar surface area (TPSA) is 95.7 Å². The summed E-state index contributed by atoms with van der Waals surface area (Å²) < 4.78 is 0. The molecule has 3 rings (SSSR count). The Morgan fingerprint density at radius 3 is 2.23 bits per heavy atom. The van der Waals surface area contributed by atoms with Crippen molar-refractivity contribution in [3.05, 3.63) is 60.2 Å². The Hall–Kier alpha value is -2.70. The van der Waals surface area contributed by atoms with E-state index in [4.69, 9.17) is 5.73 Å². The number of hydrogen-bond donors (Lipinski definition) is 3. The molecule has 1 fully saturated rings. The lowest BCUT2D eigenvalue weighted by Gasteiger charge is -2.32. The number of aliphatic hydroxyl groups is 1. The number of aliphatic hydroxyl groups excluding tert-OH is 1. The van der Waals surface area contributed by atoms with Gasteiger partial charge in [-0.1, -0.05) is 75.4 Å². The van der Waals surface area contributed by atoms with Crippen molar-refractivity contribution in [1.29, 1.82) is 0 Å². The zero-order valence-corrected chi connectivity index (χ0v) is 18.7. The molecule has 0 unspecified atom stereocenters. The van der Waals surface area contributed by atoms with E-state index in [0.29, 0.717) is 0 Å². The molecule has 4 atom stereocenters. The van der Waals surface area contributed by atoms with Gasteiger partial charge in [-0.25, -0.2) is 0 Å². The summed E-state index contributed by atoms with van der Waals surface area (Å²) in [6.45, 7) is 7.70. The highest BCUT2D eigenvalue weighted by Gasteiger charge is 2.42.